The Labute approximate surface area is 619 Å². The lowest BCUT2D eigenvalue weighted by atomic mass is 9.73. The van der Waals surface area contributed by atoms with E-state index in [0.717, 1.165) is 66.5 Å². The number of halogens is 4. The number of anilines is 3. The molecule has 1 aliphatic carbocycles. The predicted molar refractivity (Wildman–Crippen MR) is 394 cm³/mol. The average molecular weight is 1530 g/mol. The van der Waals surface area contributed by atoms with Crippen molar-refractivity contribution >= 4 is 95.4 Å². The molecule has 105 heavy (non-hydrogen) atoms. The van der Waals surface area contributed by atoms with Crippen LogP contribution in [0.25, 0.3) is 5.57 Å². The van der Waals surface area contributed by atoms with Crippen LogP contribution < -0.4 is 25.6 Å². The molecular weight excluding hydrogens is 1440 g/mol. The van der Waals surface area contributed by atoms with Gasteiger partial charge in [-0.25, -0.2) is 21.6 Å². The van der Waals surface area contributed by atoms with Gasteiger partial charge in [0, 0.05) is 129 Å². The number of piperidine rings is 1. The molecule has 5 aliphatic rings. The molecule has 1 aromatic heterocycles. The van der Waals surface area contributed by atoms with E-state index in [1.165, 1.54) is 40.6 Å². The Bertz CT molecular complexity index is 4360. The number of nitrogens with zero attached hydrogens (tertiary/aromatic N) is 8. The molecule has 5 heterocycles. The van der Waals surface area contributed by atoms with Gasteiger partial charge in [-0.15, -0.1) is 16.9 Å². The standard InChI is InChI=1S/C74H88ClF3N12O12S3/c1-51-14-25-65(70(93)80-51)90-71(94)62-11-7-12-64(68(62)72(90)95)79-29-40-100-41-42-101-43-44-102-49-57-48-89(84-82-57)30-8-13-67(91)88-38-32-85(33-39-88)31-27-56(50-103-59-9-5-4-6-10-59)81-63-24-23-60(45-66(63)104(96,97)74(76,77)78)105(98,99)83-69(92)53-17-21-58(22-18-53)87-36-34-86(35-37-87)47-54-46-73(2,3)28-26-61(54)52-15-19-55(75)20-16-52/h4-7,9-12,15-24,45,48,56,65,79,81H,1,8,13-14,25-44,46-47,49-50H2,2-3H3,(H,80,93)(H,83,92)/t56-,65?/m1/s1. The number of aryl methyl sites for hydroxylation is 1. The van der Waals surface area contributed by atoms with Crippen molar-refractivity contribution in [2.24, 2.45) is 5.41 Å². The number of benzene rings is 5. The molecule has 11 rings (SSSR count). The predicted octanol–water partition coefficient (Wildman–Crippen LogP) is 9.77. The third-order valence-electron chi connectivity index (χ3n) is 19.3. The Morgan fingerprint density at radius 3 is 2.21 bits per heavy atom. The number of hydrogen-bond donors (Lipinski definition) is 4. The van der Waals surface area contributed by atoms with Gasteiger partial charge in [0.05, 0.1) is 67.5 Å². The van der Waals surface area contributed by atoms with Crippen molar-refractivity contribution in [1.82, 2.24) is 44.6 Å². The molecule has 24 nitrogen and oxygen atoms in total. The van der Waals surface area contributed by atoms with E-state index in [1.807, 2.05) is 47.2 Å². The second-order valence-corrected chi connectivity index (χ2v) is 32.5. The van der Waals surface area contributed by atoms with E-state index in [0.29, 0.717) is 146 Å². The van der Waals surface area contributed by atoms with Crippen molar-refractivity contribution in [3.05, 3.63) is 172 Å². The second-order valence-electron chi connectivity index (χ2n) is 27.4. The number of hydrogen-bond acceptors (Lipinski definition) is 20. The van der Waals surface area contributed by atoms with E-state index < -0.39 is 76.6 Å². The summed E-state index contributed by atoms with van der Waals surface area (Å²) in [5.74, 6) is -2.27. The number of thioether (sulfide) groups is 1. The molecule has 3 fully saturated rings. The van der Waals surface area contributed by atoms with Crippen molar-refractivity contribution < 1.29 is 68.2 Å². The van der Waals surface area contributed by atoms with Crippen LogP contribution in [0, 0.1) is 5.41 Å². The minimum absolute atomic E-state index is 0.0333. The second kappa shape index (κ2) is 35.0. The van der Waals surface area contributed by atoms with Gasteiger partial charge in [-0.1, -0.05) is 79.2 Å². The summed E-state index contributed by atoms with van der Waals surface area (Å²) in [7, 11) is -11.1. The van der Waals surface area contributed by atoms with Gasteiger partial charge in [-0.3, -0.25) is 43.4 Å². The highest BCUT2D eigenvalue weighted by atomic mass is 35.5. The molecule has 0 saturated carbocycles. The molecule has 4 N–H and O–H groups in total. The lowest BCUT2D eigenvalue weighted by Crippen LogP contribution is -2.51. The van der Waals surface area contributed by atoms with Crippen LogP contribution in [0.2, 0.25) is 5.02 Å². The summed E-state index contributed by atoms with van der Waals surface area (Å²) in [5.41, 5.74) is 0.795. The van der Waals surface area contributed by atoms with Gasteiger partial charge in [0.15, 0.2) is 0 Å². The van der Waals surface area contributed by atoms with Crippen molar-refractivity contribution in [3.8, 4) is 0 Å². The van der Waals surface area contributed by atoms with Crippen LogP contribution in [-0.4, -0.2) is 209 Å². The summed E-state index contributed by atoms with van der Waals surface area (Å²) in [5, 5.41) is 17.9. The van der Waals surface area contributed by atoms with Gasteiger partial charge in [-0.2, -0.15) is 13.2 Å². The minimum atomic E-state index is -6.17. The molecule has 5 amide bonds. The van der Waals surface area contributed by atoms with Gasteiger partial charge < -0.3 is 40.0 Å². The van der Waals surface area contributed by atoms with E-state index in [1.54, 1.807) is 46.1 Å². The van der Waals surface area contributed by atoms with Crippen molar-refractivity contribution in [1.29, 1.82) is 0 Å². The Balaban J connectivity index is 0.597. The third kappa shape index (κ3) is 20.3. The first-order valence-electron chi connectivity index (χ1n) is 35.2. The fourth-order valence-electron chi connectivity index (χ4n) is 13.6. The fraction of sp³-hybridized carbons (Fsp3) is 0.446. The summed E-state index contributed by atoms with van der Waals surface area (Å²) < 4.78 is 119. The molecule has 0 radical (unpaired) electrons. The zero-order valence-corrected chi connectivity index (χ0v) is 61.9. The zero-order valence-electron chi connectivity index (χ0n) is 58.7. The van der Waals surface area contributed by atoms with E-state index in [-0.39, 0.29) is 46.8 Å². The number of sulfone groups is 1. The quantitative estimate of drug-likeness (QED) is 0.0169. The Morgan fingerprint density at radius 1 is 0.790 bits per heavy atom. The Kier molecular flexibility index (Phi) is 26.0. The number of aromatic nitrogens is 3. The topological polar surface area (TPSA) is 276 Å². The van der Waals surface area contributed by atoms with Crippen molar-refractivity contribution in [2.75, 3.05) is 126 Å². The largest absolute Gasteiger partial charge is 0.501 e. The van der Waals surface area contributed by atoms with Crippen LogP contribution in [0.3, 0.4) is 0 Å². The fourth-order valence-corrected chi connectivity index (χ4v) is 16.7. The third-order valence-corrected chi connectivity index (χ3v) is 23.6. The average Bonchev–Trinajstić information content (AvgIpc) is 1.74. The summed E-state index contributed by atoms with van der Waals surface area (Å²) in [6, 6.07) is 29.4. The van der Waals surface area contributed by atoms with E-state index >= 15 is 0 Å². The number of fused-ring (bicyclic) bond motifs is 1. The molecule has 4 aliphatic heterocycles. The van der Waals surface area contributed by atoms with Crippen LogP contribution in [-0.2, 0) is 56.8 Å². The van der Waals surface area contributed by atoms with Crippen LogP contribution >= 0.6 is 23.4 Å². The minimum Gasteiger partial charge on any atom is -0.382 e. The number of alkyl halides is 3. The number of amides is 5. The number of imide groups is 1. The van der Waals surface area contributed by atoms with E-state index in [9.17, 15) is 54.0 Å². The maximum absolute atomic E-state index is 14.6. The number of allylic oxidation sites excluding steroid dienone is 2. The molecule has 0 spiro atoms. The van der Waals surface area contributed by atoms with Gasteiger partial charge in [-0.05, 0) is 140 Å². The number of nitrogens with one attached hydrogen (secondary N) is 4. The van der Waals surface area contributed by atoms with Crippen LogP contribution in [0.15, 0.2) is 154 Å². The lowest BCUT2D eigenvalue weighted by molar-refractivity contribution is -0.133. The molecule has 6 aromatic rings. The van der Waals surface area contributed by atoms with Crippen LogP contribution in [0.4, 0.5) is 30.2 Å². The summed E-state index contributed by atoms with van der Waals surface area (Å²) >= 11 is 7.62. The molecule has 562 valence electrons. The van der Waals surface area contributed by atoms with Gasteiger partial charge in [0.2, 0.25) is 11.8 Å². The maximum atomic E-state index is 14.6. The van der Waals surface area contributed by atoms with Crippen molar-refractivity contribution in [3.63, 3.8) is 0 Å². The highest BCUT2D eigenvalue weighted by Gasteiger charge is 2.49. The first-order chi connectivity index (χ1) is 50.3. The summed E-state index contributed by atoms with van der Waals surface area (Å²) in [6.45, 7) is 17.0. The smallest absolute Gasteiger partial charge is 0.382 e. The zero-order chi connectivity index (χ0) is 74.5. The number of carbonyl (C=O) groups is 5. The first-order valence-corrected chi connectivity index (χ1v) is 39.5. The van der Waals surface area contributed by atoms with Crippen LogP contribution in [0.1, 0.15) is 108 Å². The first kappa shape index (κ1) is 77.9. The highest BCUT2D eigenvalue weighted by molar-refractivity contribution is 7.99. The molecule has 3 saturated heterocycles. The van der Waals surface area contributed by atoms with Crippen LogP contribution in [0.5, 0.6) is 0 Å². The Morgan fingerprint density at radius 2 is 1.50 bits per heavy atom. The number of piperazine rings is 2. The highest BCUT2D eigenvalue weighted by Crippen LogP contribution is 2.44. The molecule has 0 bridgehead atoms. The normalized spacial score (nSPS) is 18.0. The molecule has 2 atom stereocenters. The van der Waals surface area contributed by atoms with E-state index in [2.05, 4.69) is 73.5 Å². The number of sulfonamides is 1. The maximum Gasteiger partial charge on any atom is 0.501 e. The monoisotopic (exact) mass is 1520 g/mol. The number of ether oxygens (including phenoxy) is 3. The van der Waals surface area contributed by atoms with Crippen molar-refractivity contribution in [2.45, 2.75) is 111 Å². The SMILES string of the molecule is C=C1CCC(N2C(=O)c3cccc(NCCOCCOCCOCc4cn(CCCC(=O)N5CCN(CC[C@H](CSc6ccccc6)Nc6ccc(S(=O)(=O)NC(=O)c7ccc(N8CCN(CC9=C(c%10ccc(Cl)cc%10)CCC(C)(C)C9)CC8)cc7)cc6S(=O)(=O)C(F)(F)F)CC5)nn4)c3C2=O)C(=O)N1. The molecular formula is C74H88ClF3N12O12S3. The summed E-state index contributed by atoms with van der Waals surface area (Å²) in [6.07, 6.45) is 6.71. The molecule has 31 heteroatoms. The van der Waals surface area contributed by atoms with Gasteiger partial charge in [0.25, 0.3) is 37.6 Å². The van der Waals surface area contributed by atoms with E-state index in [4.69, 9.17) is 25.8 Å². The number of rotatable bonds is 33. The Hall–Kier alpha value is -8.20. The molecule has 5 aromatic carbocycles. The number of carbonyl (C=O) groups excluding carboxylic acids is 5. The summed E-state index contributed by atoms with van der Waals surface area (Å²) in [4.78, 5) is 74.4. The van der Waals surface area contributed by atoms with Gasteiger partial charge in [0.1, 0.15) is 16.6 Å². The van der Waals surface area contributed by atoms with Gasteiger partial charge >= 0.3 is 5.51 Å². The lowest BCUT2D eigenvalue weighted by Gasteiger charge is -2.39. The molecule has 1 unspecified atom stereocenters.